The molecule has 2 aromatic carbocycles. The average molecular weight is 409 g/mol. The van der Waals surface area contributed by atoms with Gasteiger partial charge < -0.3 is 23.9 Å². The van der Waals surface area contributed by atoms with Crippen LogP contribution in [0.5, 0.6) is 11.5 Å². The van der Waals surface area contributed by atoms with Gasteiger partial charge in [0.25, 0.3) is 5.91 Å². The van der Waals surface area contributed by atoms with Crippen molar-refractivity contribution in [3.63, 3.8) is 0 Å². The molecule has 7 nitrogen and oxygen atoms in total. The summed E-state index contributed by atoms with van der Waals surface area (Å²) in [5.74, 6) is 0.0880. The second-order valence-electron chi connectivity index (χ2n) is 7.18. The standard InChI is InChI=1S/C23H23NO6/c1-27-17-6-7-20(28-2)19(11-17)24-22(25)13-30-23(26)10-16-12-29-21-9-15-5-3-4-14(15)8-18(16)21/h6-9,11-12H,3-5,10,13H2,1-2H3,(H,24,25). The van der Waals surface area contributed by atoms with E-state index < -0.39 is 18.5 Å². The van der Waals surface area contributed by atoms with Crippen LogP contribution in [0.4, 0.5) is 5.69 Å². The Kier molecular flexibility index (Phi) is 5.61. The number of anilines is 1. The second-order valence-corrected chi connectivity index (χ2v) is 7.18. The van der Waals surface area contributed by atoms with Crippen LogP contribution < -0.4 is 14.8 Å². The largest absolute Gasteiger partial charge is 0.497 e. The van der Waals surface area contributed by atoms with Gasteiger partial charge in [0.15, 0.2) is 6.61 Å². The summed E-state index contributed by atoms with van der Waals surface area (Å²) in [4.78, 5) is 24.5. The lowest BCUT2D eigenvalue weighted by Crippen LogP contribution is -2.22. The maximum Gasteiger partial charge on any atom is 0.310 e. The molecular formula is C23H23NO6. The van der Waals surface area contributed by atoms with E-state index in [1.165, 1.54) is 25.3 Å². The highest BCUT2D eigenvalue weighted by molar-refractivity contribution is 5.95. The number of ether oxygens (including phenoxy) is 3. The normalized spacial score (nSPS) is 12.5. The van der Waals surface area contributed by atoms with Gasteiger partial charge in [0.05, 0.1) is 32.6 Å². The number of hydrogen-bond acceptors (Lipinski definition) is 6. The molecule has 0 saturated heterocycles. The molecule has 1 N–H and O–H groups in total. The number of methoxy groups -OCH3 is 2. The number of nitrogens with one attached hydrogen (secondary N) is 1. The number of aryl methyl sites for hydroxylation is 2. The van der Waals surface area contributed by atoms with Gasteiger partial charge in [-0.25, -0.2) is 0 Å². The summed E-state index contributed by atoms with van der Waals surface area (Å²) in [6.45, 7) is -0.398. The number of esters is 1. The molecule has 3 aromatic rings. The Balaban J connectivity index is 1.36. The lowest BCUT2D eigenvalue weighted by atomic mass is 10.0. The Bertz CT molecular complexity index is 1100. The third kappa shape index (κ3) is 4.10. The molecular weight excluding hydrogens is 386 g/mol. The number of benzene rings is 2. The van der Waals surface area contributed by atoms with Gasteiger partial charge in [-0.1, -0.05) is 0 Å². The number of fused-ring (bicyclic) bond motifs is 2. The molecule has 0 fully saturated rings. The number of furan rings is 1. The number of amides is 1. The Morgan fingerprint density at radius 2 is 1.87 bits per heavy atom. The van der Waals surface area contributed by atoms with Crippen molar-refractivity contribution < 1.29 is 28.2 Å². The van der Waals surface area contributed by atoms with Crippen LogP contribution in [-0.4, -0.2) is 32.7 Å². The lowest BCUT2D eigenvalue weighted by Gasteiger charge is -2.12. The topological polar surface area (TPSA) is 87.0 Å². The summed E-state index contributed by atoms with van der Waals surface area (Å²) in [5, 5.41) is 3.60. The summed E-state index contributed by atoms with van der Waals surface area (Å²) in [6.07, 6.45) is 4.89. The molecule has 156 valence electrons. The molecule has 1 aliphatic carbocycles. The maximum absolute atomic E-state index is 12.3. The summed E-state index contributed by atoms with van der Waals surface area (Å²) in [6, 6.07) is 9.20. The van der Waals surface area contributed by atoms with E-state index in [4.69, 9.17) is 18.6 Å². The zero-order valence-electron chi connectivity index (χ0n) is 16.9. The van der Waals surface area contributed by atoms with Crippen molar-refractivity contribution in [3.05, 3.63) is 53.3 Å². The van der Waals surface area contributed by atoms with Gasteiger partial charge in [-0.2, -0.15) is 0 Å². The van der Waals surface area contributed by atoms with Gasteiger partial charge in [-0.05, 0) is 54.7 Å². The first-order valence-electron chi connectivity index (χ1n) is 9.76. The van der Waals surface area contributed by atoms with E-state index in [0.717, 1.165) is 35.8 Å². The highest BCUT2D eigenvalue weighted by Gasteiger charge is 2.18. The van der Waals surface area contributed by atoms with Crippen LogP contribution in [0.25, 0.3) is 11.0 Å². The van der Waals surface area contributed by atoms with E-state index >= 15 is 0 Å². The minimum Gasteiger partial charge on any atom is -0.497 e. The molecule has 0 aliphatic heterocycles. The van der Waals surface area contributed by atoms with Crippen molar-refractivity contribution >= 4 is 28.5 Å². The van der Waals surface area contributed by atoms with E-state index in [-0.39, 0.29) is 6.42 Å². The molecule has 1 heterocycles. The fourth-order valence-electron chi connectivity index (χ4n) is 3.74. The van der Waals surface area contributed by atoms with Crippen LogP contribution in [0.1, 0.15) is 23.1 Å². The quantitative estimate of drug-likeness (QED) is 0.599. The number of carbonyl (C=O) groups is 2. The van der Waals surface area contributed by atoms with Crippen LogP contribution in [-0.2, 0) is 33.6 Å². The Morgan fingerprint density at radius 3 is 2.63 bits per heavy atom. The predicted molar refractivity (Wildman–Crippen MR) is 111 cm³/mol. The highest BCUT2D eigenvalue weighted by Crippen LogP contribution is 2.31. The molecule has 0 unspecified atom stereocenters. The fourth-order valence-corrected chi connectivity index (χ4v) is 3.74. The number of carbonyl (C=O) groups excluding carboxylic acids is 2. The van der Waals surface area contributed by atoms with Crippen molar-refractivity contribution in [1.29, 1.82) is 0 Å². The molecule has 0 spiro atoms. The van der Waals surface area contributed by atoms with Gasteiger partial charge >= 0.3 is 5.97 Å². The Labute approximate surface area is 173 Å². The molecule has 1 aromatic heterocycles. The first-order valence-corrected chi connectivity index (χ1v) is 9.76. The highest BCUT2D eigenvalue weighted by atomic mass is 16.5. The number of hydrogen-bond donors (Lipinski definition) is 1. The average Bonchev–Trinajstić information content (AvgIpc) is 3.37. The lowest BCUT2D eigenvalue weighted by molar-refractivity contribution is -0.146. The maximum atomic E-state index is 12.3. The molecule has 1 aliphatic rings. The second kappa shape index (κ2) is 8.49. The van der Waals surface area contributed by atoms with Crippen LogP contribution in [0.15, 0.2) is 41.0 Å². The molecule has 0 saturated carbocycles. The molecule has 0 bridgehead atoms. The van der Waals surface area contributed by atoms with Gasteiger partial charge in [-0.3, -0.25) is 9.59 Å². The minimum atomic E-state index is -0.494. The molecule has 30 heavy (non-hydrogen) atoms. The first-order chi connectivity index (χ1) is 14.6. The predicted octanol–water partition coefficient (Wildman–Crippen LogP) is 3.66. The van der Waals surface area contributed by atoms with Crippen LogP contribution >= 0.6 is 0 Å². The fraction of sp³-hybridized carbons (Fsp3) is 0.304. The molecule has 0 radical (unpaired) electrons. The monoisotopic (exact) mass is 409 g/mol. The van der Waals surface area contributed by atoms with Gasteiger partial charge in [0.1, 0.15) is 17.1 Å². The molecule has 4 rings (SSSR count). The zero-order chi connectivity index (χ0) is 21.1. The van der Waals surface area contributed by atoms with Gasteiger partial charge in [0, 0.05) is 17.0 Å². The van der Waals surface area contributed by atoms with Crippen molar-refractivity contribution in [2.45, 2.75) is 25.7 Å². The Hall–Kier alpha value is -3.48. The van der Waals surface area contributed by atoms with E-state index in [9.17, 15) is 9.59 Å². The van der Waals surface area contributed by atoms with E-state index in [0.29, 0.717) is 17.2 Å². The van der Waals surface area contributed by atoms with Crippen molar-refractivity contribution in [1.82, 2.24) is 0 Å². The Morgan fingerprint density at radius 1 is 1.07 bits per heavy atom. The smallest absolute Gasteiger partial charge is 0.310 e. The van der Waals surface area contributed by atoms with Gasteiger partial charge in [-0.15, -0.1) is 0 Å². The zero-order valence-corrected chi connectivity index (χ0v) is 16.9. The molecule has 7 heteroatoms. The van der Waals surface area contributed by atoms with E-state index in [1.54, 1.807) is 24.5 Å². The van der Waals surface area contributed by atoms with Gasteiger partial charge in [0.2, 0.25) is 0 Å². The summed E-state index contributed by atoms with van der Waals surface area (Å²) in [5.41, 5.74) is 4.61. The third-order valence-electron chi connectivity index (χ3n) is 5.25. The van der Waals surface area contributed by atoms with Crippen LogP contribution in [0, 0.1) is 0 Å². The third-order valence-corrected chi connectivity index (χ3v) is 5.25. The van der Waals surface area contributed by atoms with E-state index in [1.807, 2.05) is 0 Å². The van der Waals surface area contributed by atoms with Crippen LogP contribution in [0.3, 0.4) is 0 Å². The van der Waals surface area contributed by atoms with Crippen molar-refractivity contribution in [2.75, 3.05) is 26.1 Å². The summed E-state index contributed by atoms with van der Waals surface area (Å²) < 4.78 is 21.2. The molecule has 1 amide bonds. The number of rotatable bonds is 7. The van der Waals surface area contributed by atoms with Crippen molar-refractivity contribution in [3.8, 4) is 11.5 Å². The summed E-state index contributed by atoms with van der Waals surface area (Å²) in [7, 11) is 3.03. The SMILES string of the molecule is COc1ccc(OC)c(NC(=O)COC(=O)Cc2coc3cc4c(cc23)CCC4)c1. The first kappa shape index (κ1) is 19.8. The molecule has 0 atom stereocenters. The summed E-state index contributed by atoms with van der Waals surface area (Å²) >= 11 is 0. The minimum absolute atomic E-state index is 0.0432. The van der Waals surface area contributed by atoms with Crippen LogP contribution in [0.2, 0.25) is 0 Å². The van der Waals surface area contributed by atoms with Crippen molar-refractivity contribution in [2.24, 2.45) is 0 Å². The van der Waals surface area contributed by atoms with E-state index in [2.05, 4.69) is 17.4 Å².